The van der Waals surface area contributed by atoms with Crippen LogP contribution < -0.4 is 0 Å². The number of nitro benzene ring substituents is 1. The second-order valence-electron chi connectivity index (χ2n) is 8.11. The zero-order chi connectivity index (χ0) is 20.6. The summed E-state index contributed by atoms with van der Waals surface area (Å²) in [6.07, 6.45) is 1.02. The molecule has 1 aliphatic carbocycles. The molecule has 0 spiro atoms. The number of aliphatic imine (C=N–C) groups is 1. The number of rotatable bonds is 4. The van der Waals surface area contributed by atoms with Gasteiger partial charge in [0, 0.05) is 41.5 Å². The number of carbonyl (C=O) groups is 2. The van der Waals surface area contributed by atoms with Crippen molar-refractivity contribution in [3.63, 3.8) is 0 Å². The van der Waals surface area contributed by atoms with Gasteiger partial charge in [0.25, 0.3) is 5.69 Å². The topological polar surface area (TPSA) is 98.9 Å². The number of allylic oxidation sites excluding steroid dienone is 2. The maximum Gasteiger partial charge on any atom is 0.315 e. The van der Waals surface area contributed by atoms with E-state index in [0.29, 0.717) is 35.4 Å². The smallest absolute Gasteiger partial charge is 0.315 e. The van der Waals surface area contributed by atoms with E-state index in [0.717, 1.165) is 0 Å². The largest absolute Gasteiger partial charge is 0.465 e. The van der Waals surface area contributed by atoms with Crippen molar-refractivity contribution in [2.45, 2.75) is 46.5 Å². The fourth-order valence-electron chi connectivity index (χ4n) is 4.15. The van der Waals surface area contributed by atoms with Gasteiger partial charge < -0.3 is 4.74 Å². The van der Waals surface area contributed by atoms with Crippen LogP contribution in [-0.4, -0.2) is 29.0 Å². The number of nitro groups is 1. The first kappa shape index (κ1) is 19.9. The molecule has 0 fully saturated rings. The maximum absolute atomic E-state index is 13.0. The van der Waals surface area contributed by atoms with Gasteiger partial charge in [-0.3, -0.25) is 24.7 Å². The number of ether oxygens (including phenoxy) is 1. The number of nitrogens with zero attached hydrogens (tertiary/aromatic N) is 2. The Kier molecular flexibility index (Phi) is 5.19. The van der Waals surface area contributed by atoms with Gasteiger partial charge in [-0.25, -0.2) is 0 Å². The number of non-ortho nitro benzene ring substituents is 1. The molecule has 7 heteroatoms. The van der Waals surface area contributed by atoms with Crippen LogP contribution in [0.3, 0.4) is 0 Å². The van der Waals surface area contributed by atoms with Crippen molar-refractivity contribution in [1.82, 2.24) is 0 Å². The highest BCUT2D eigenvalue weighted by atomic mass is 16.6. The highest BCUT2D eigenvalue weighted by Crippen LogP contribution is 2.48. The number of ketones is 1. The number of hydrogen-bond acceptors (Lipinski definition) is 6. The highest BCUT2D eigenvalue weighted by Gasteiger charge is 2.46. The molecule has 0 amide bonds. The molecule has 0 radical (unpaired) electrons. The summed E-state index contributed by atoms with van der Waals surface area (Å²) in [6, 6.07) is 6.03. The van der Waals surface area contributed by atoms with Gasteiger partial charge in [-0.05, 0) is 31.2 Å². The molecule has 2 aliphatic rings. The molecule has 0 N–H and O–H groups in total. The Morgan fingerprint density at radius 2 is 1.93 bits per heavy atom. The fraction of sp³-hybridized carbons (Fsp3) is 0.476. The predicted octanol–water partition coefficient (Wildman–Crippen LogP) is 3.98. The molecule has 28 heavy (non-hydrogen) atoms. The third-order valence-corrected chi connectivity index (χ3v) is 5.31. The minimum atomic E-state index is -0.717. The molecule has 148 valence electrons. The van der Waals surface area contributed by atoms with Crippen molar-refractivity contribution in [3.05, 3.63) is 51.2 Å². The summed E-state index contributed by atoms with van der Waals surface area (Å²) in [5, 5.41) is 11.0. The Labute approximate surface area is 163 Å². The summed E-state index contributed by atoms with van der Waals surface area (Å²) in [5.74, 6) is -1.72. The first-order valence-corrected chi connectivity index (χ1v) is 9.37. The summed E-state index contributed by atoms with van der Waals surface area (Å²) in [5.41, 5.74) is 2.29. The van der Waals surface area contributed by atoms with Gasteiger partial charge in [-0.2, -0.15) is 0 Å². The summed E-state index contributed by atoms with van der Waals surface area (Å²) in [4.78, 5) is 40.9. The minimum absolute atomic E-state index is 0.0276. The van der Waals surface area contributed by atoms with Crippen molar-refractivity contribution in [2.24, 2.45) is 16.3 Å². The average Bonchev–Trinajstić information content (AvgIpc) is 2.59. The Hall–Kier alpha value is -2.83. The van der Waals surface area contributed by atoms with Crippen LogP contribution in [0.25, 0.3) is 0 Å². The fourth-order valence-corrected chi connectivity index (χ4v) is 4.15. The zero-order valence-corrected chi connectivity index (χ0v) is 16.5. The second kappa shape index (κ2) is 7.30. The normalized spacial score (nSPS) is 23.7. The number of Topliss-reactive ketones (excluding diaryl/α,β-unsaturated/α-hetero) is 1. The van der Waals surface area contributed by atoms with Crippen molar-refractivity contribution < 1.29 is 19.2 Å². The van der Waals surface area contributed by atoms with E-state index in [1.165, 1.54) is 12.1 Å². The molecule has 1 aromatic rings. The summed E-state index contributed by atoms with van der Waals surface area (Å²) >= 11 is 0. The van der Waals surface area contributed by atoms with Crippen LogP contribution in [0.5, 0.6) is 0 Å². The van der Waals surface area contributed by atoms with E-state index in [2.05, 4.69) is 4.99 Å². The standard InChI is InChI=1S/C21H24N2O5/c1-5-28-20(25)17-12(2)22-15-10-21(3,4)11-16(24)19(15)18(17)13-6-8-14(9-7-13)23(26)27/h6-9,17-18H,5,10-11H2,1-4H3/t17?,18-/m0/s1. The molecular formula is C21H24N2O5. The lowest BCUT2D eigenvalue weighted by molar-refractivity contribution is -0.384. The monoisotopic (exact) mass is 384 g/mol. The molecule has 3 rings (SSSR count). The molecule has 1 aromatic carbocycles. The summed E-state index contributed by atoms with van der Waals surface area (Å²) < 4.78 is 5.26. The van der Waals surface area contributed by atoms with Crippen LogP contribution in [0.4, 0.5) is 5.69 Å². The molecule has 1 heterocycles. The van der Waals surface area contributed by atoms with Gasteiger partial charge in [0.1, 0.15) is 5.92 Å². The third-order valence-electron chi connectivity index (χ3n) is 5.31. The van der Waals surface area contributed by atoms with Crippen LogP contribution in [0.2, 0.25) is 0 Å². The van der Waals surface area contributed by atoms with Gasteiger partial charge in [-0.1, -0.05) is 26.0 Å². The molecule has 7 nitrogen and oxygen atoms in total. The van der Waals surface area contributed by atoms with Gasteiger partial charge in [0.2, 0.25) is 0 Å². The van der Waals surface area contributed by atoms with E-state index >= 15 is 0 Å². The summed E-state index contributed by atoms with van der Waals surface area (Å²) in [7, 11) is 0. The van der Waals surface area contributed by atoms with Gasteiger partial charge >= 0.3 is 5.97 Å². The van der Waals surface area contributed by atoms with Crippen molar-refractivity contribution in [3.8, 4) is 0 Å². The van der Waals surface area contributed by atoms with E-state index in [-0.39, 0.29) is 23.5 Å². The van der Waals surface area contributed by atoms with E-state index < -0.39 is 22.7 Å². The predicted molar refractivity (Wildman–Crippen MR) is 104 cm³/mol. The van der Waals surface area contributed by atoms with Crippen LogP contribution in [0.15, 0.2) is 40.5 Å². The number of benzene rings is 1. The Balaban J connectivity index is 2.15. The average molecular weight is 384 g/mol. The van der Waals surface area contributed by atoms with Gasteiger partial charge in [0.15, 0.2) is 5.78 Å². The lowest BCUT2D eigenvalue weighted by Crippen LogP contribution is -2.39. The van der Waals surface area contributed by atoms with E-state index in [1.54, 1.807) is 26.0 Å². The first-order chi connectivity index (χ1) is 13.1. The lowest BCUT2D eigenvalue weighted by atomic mass is 9.67. The highest BCUT2D eigenvalue weighted by molar-refractivity contribution is 6.09. The second-order valence-corrected chi connectivity index (χ2v) is 8.11. The summed E-state index contributed by atoms with van der Waals surface area (Å²) in [6.45, 7) is 7.78. The van der Waals surface area contributed by atoms with Crippen molar-refractivity contribution >= 4 is 23.2 Å². The van der Waals surface area contributed by atoms with E-state index in [9.17, 15) is 19.7 Å². The van der Waals surface area contributed by atoms with Gasteiger partial charge in [0.05, 0.1) is 11.5 Å². The molecule has 1 unspecified atom stereocenters. The van der Waals surface area contributed by atoms with Crippen LogP contribution in [-0.2, 0) is 14.3 Å². The van der Waals surface area contributed by atoms with E-state index in [4.69, 9.17) is 4.74 Å². The SMILES string of the molecule is CCOC(=O)C1C(C)=NC2=C(C(=O)CC(C)(C)C2)[C@H]1c1ccc([N+](=O)[O-])cc1. The number of carbonyl (C=O) groups excluding carboxylic acids is 2. The molecule has 0 aromatic heterocycles. The Morgan fingerprint density at radius 3 is 2.50 bits per heavy atom. The van der Waals surface area contributed by atoms with Crippen LogP contribution >= 0.6 is 0 Å². The number of esters is 1. The maximum atomic E-state index is 13.0. The number of hydrogen-bond donors (Lipinski definition) is 0. The molecule has 0 saturated carbocycles. The lowest BCUT2D eigenvalue weighted by Gasteiger charge is -2.38. The quantitative estimate of drug-likeness (QED) is 0.444. The van der Waals surface area contributed by atoms with Gasteiger partial charge in [-0.15, -0.1) is 0 Å². The zero-order valence-electron chi connectivity index (χ0n) is 16.5. The Bertz CT molecular complexity index is 896. The molecule has 2 atom stereocenters. The molecule has 1 aliphatic heterocycles. The Morgan fingerprint density at radius 1 is 1.29 bits per heavy atom. The first-order valence-electron chi connectivity index (χ1n) is 9.37. The van der Waals surface area contributed by atoms with Crippen LogP contribution in [0.1, 0.15) is 52.0 Å². The van der Waals surface area contributed by atoms with Crippen molar-refractivity contribution in [1.29, 1.82) is 0 Å². The van der Waals surface area contributed by atoms with E-state index in [1.807, 2.05) is 13.8 Å². The van der Waals surface area contributed by atoms with Crippen LogP contribution in [0, 0.1) is 21.4 Å². The third kappa shape index (κ3) is 3.61. The minimum Gasteiger partial charge on any atom is -0.465 e. The molecular weight excluding hydrogens is 360 g/mol. The molecule has 0 bridgehead atoms. The van der Waals surface area contributed by atoms with Crippen molar-refractivity contribution in [2.75, 3.05) is 6.61 Å². The molecule has 0 saturated heterocycles.